The summed E-state index contributed by atoms with van der Waals surface area (Å²) in [5.74, 6) is -1.78. The molecule has 36 heavy (non-hydrogen) atoms. The third-order valence-electron chi connectivity index (χ3n) is 6.16. The third kappa shape index (κ3) is 5.55. The SMILES string of the molecule is COc1nc(C2CC2)nc(OC(C)C)c1C(=O)N[C@H]1CCCN(C(=O)C(F)(F)F)[C@H]1c1ccccc1. The summed E-state index contributed by atoms with van der Waals surface area (Å²) in [6.07, 6.45) is -2.81. The summed E-state index contributed by atoms with van der Waals surface area (Å²) in [4.78, 5) is 35.5. The summed E-state index contributed by atoms with van der Waals surface area (Å²) in [7, 11) is 1.38. The second-order valence-electron chi connectivity index (χ2n) is 9.29. The Balaban J connectivity index is 1.70. The first-order chi connectivity index (χ1) is 17.1. The molecule has 1 N–H and O–H groups in total. The first-order valence-corrected chi connectivity index (χ1v) is 12.0. The molecule has 8 nitrogen and oxygen atoms in total. The van der Waals surface area contributed by atoms with Crippen LogP contribution in [0.5, 0.6) is 11.8 Å². The monoisotopic (exact) mass is 506 g/mol. The van der Waals surface area contributed by atoms with Crippen molar-refractivity contribution in [1.29, 1.82) is 0 Å². The van der Waals surface area contributed by atoms with Gasteiger partial charge in [-0.05, 0) is 45.1 Å². The molecule has 1 saturated heterocycles. The minimum absolute atomic E-state index is 0.0262. The average molecular weight is 507 g/mol. The fraction of sp³-hybridized carbons (Fsp3) is 0.520. The van der Waals surface area contributed by atoms with Gasteiger partial charge < -0.3 is 19.7 Å². The third-order valence-corrected chi connectivity index (χ3v) is 6.16. The van der Waals surface area contributed by atoms with Gasteiger partial charge in [0, 0.05) is 12.5 Å². The average Bonchev–Trinajstić information content (AvgIpc) is 3.68. The maximum Gasteiger partial charge on any atom is 0.471 e. The van der Waals surface area contributed by atoms with Crippen LogP contribution in [0.2, 0.25) is 0 Å². The number of carbonyl (C=O) groups is 2. The number of rotatable bonds is 7. The standard InChI is InChI=1S/C25H29F3N4O4/c1-14(2)36-23-18(22(35-3)30-20(31-23)16-11-12-16)21(33)29-17-10-7-13-32(24(34)25(26,27)28)19(17)15-8-5-4-6-9-15/h4-6,8-9,14,16-17,19H,7,10-13H2,1-3H3,(H,29,33)/t17-,19-/m0/s1. The molecule has 2 aromatic rings. The van der Waals surface area contributed by atoms with Gasteiger partial charge in [-0.15, -0.1) is 0 Å². The molecule has 2 amide bonds. The van der Waals surface area contributed by atoms with E-state index in [-0.39, 0.29) is 35.9 Å². The van der Waals surface area contributed by atoms with Crippen molar-refractivity contribution in [2.45, 2.75) is 69.8 Å². The number of nitrogens with one attached hydrogen (secondary N) is 1. The van der Waals surface area contributed by atoms with Crippen molar-refractivity contribution in [3.05, 3.63) is 47.3 Å². The lowest BCUT2D eigenvalue weighted by Crippen LogP contribution is -2.54. The maximum atomic E-state index is 13.6. The molecule has 2 fully saturated rings. The molecule has 11 heteroatoms. The largest absolute Gasteiger partial charge is 0.480 e. The van der Waals surface area contributed by atoms with Gasteiger partial charge in [0.1, 0.15) is 5.82 Å². The number of nitrogens with zero attached hydrogens (tertiary/aromatic N) is 3. The highest BCUT2D eigenvalue weighted by atomic mass is 19.4. The van der Waals surface area contributed by atoms with Gasteiger partial charge in [-0.3, -0.25) is 9.59 Å². The number of benzene rings is 1. The van der Waals surface area contributed by atoms with Gasteiger partial charge in [-0.25, -0.2) is 0 Å². The van der Waals surface area contributed by atoms with E-state index in [1.54, 1.807) is 44.2 Å². The van der Waals surface area contributed by atoms with E-state index in [1.807, 2.05) is 0 Å². The molecule has 1 aliphatic heterocycles. The van der Waals surface area contributed by atoms with Crippen LogP contribution in [0.15, 0.2) is 30.3 Å². The van der Waals surface area contributed by atoms with Crippen LogP contribution in [0.25, 0.3) is 0 Å². The van der Waals surface area contributed by atoms with Crippen molar-refractivity contribution in [3.8, 4) is 11.8 Å². The Kier molecular flexibility index (Phi) is 7.37. The van der Waals surface area contributed by atoms with Crippen molar-refractivity contribution < 1.29 is 32.2 Å². The molecule has 0 unspecified atom stereocenters. The number of carbonyl (C=O) groups excluding carboxylic acids is 2. The van der Waals surface area contributed by atoms with E-state index in [0.29, 0.717) is 24.2 Å². The van der Waals surface area contributed by atoms with Gasteiger partial charge in [0.2, 0.25) is 11.8 Å². The number of piperidine rings is 1. The minimum atomic E-state index is -5.03. The van der Waals surface area contributed by atoms with Gasteiger partial charge in [0.25, 0.3) is 5.91 Å². The molecule has 4 rings (SSSR count). The van der Waals surface area contributed by atoms with Crippen molar-refractivity contribution in [2.75, 3.05) is 13.7 Å². The molecule has 194 valence electrons. The van der Waals surface area contributed by atoms with Gasteiger partial charge >= 0.3 is 12.1 Å². The van der Waals surface area contributed by atoms with E-state index in [2.05, 4.69) is 15.3 Å². The number of aromatic nitrogens is 2. The Labute approximate surface area is 207 Å². The van der Waals surface area contributed by atoms with E-state index >= 15 is 0 Å². The second kappa shape index (κ2) is 10.3. The van der Waals surface area contributed by atoms with Crippen LogP contribution in [0.3, 0.4) is 0 Å². The Bertz CT molecular complexity index is 1110. The molecule has 1 aliphatic carbocycles. The number of ether oxygens (including phenoxy) is 2. The number of halogens is 3. The predicted molar refractivity (Wildman–Crippen MR) is 124 cm³/mol. The highest BCUT2D eigenvalue weighted by Crippen LogP contribution is 2.41. The number of methoxy groups -OCH3 is 1. The number of hydrogen-bond acceptors (Lipinski definition) is 6. The smallest absolute Gasteiger partial charge is 0.471 e. The second-order valence-corrected chi connectivity index (χ2v) is 9.29. The molecule has 0 bridgehead atoms. The molecular formula is C25H29F3N4O4. The number of hydrogen-bond donors (Lipinski definition) is 1. The number of alkyl halides is 3. The molecule has 1 aromatic heterocycles. The Morgan fingerprint density at radius 3 is 2.33 bits per heavy atom. The summed E-state index contributed by atoms with van der Waals surface area (Å²) in [5, 5.41) is 2.83. The highest BCUT2D eigenvalue weighted by molar-refractivity contribution is 5.99. The molecule has 2 aliphatic rings. The van der Waals surface area contributed by atoms with E-state index in [1.165, 1.54) is 7.11 Å². The number of likely N-dealkylation sites (tertiary alicyclic amines) is 1. The van der Waals surface area contributed by atoms with Crippen LogP contribution in [0.1, 0.15) is 73.2 Å². The van der Waals surface area contributed by atoms with E-state index in [9.17, 15) is 22.8 Å². The van der Waals surface area contributed by atoms with Crippen LogP contribution in [0, 0.1) is 0 Å². The van der Waals surface area contributed by atoms with Crippen molar-refractivity contribution in [2.24, 2.45) is 0 Å². The lowest BCUT2D eigenvalue weighted by Gasteiger charge is -2.42. The lowest BCUT2D eigenvalue weighted by atomic mass is 9.89. The van der Waals surface area contributed by atoms with Gasteiger partial charge in [-0.2, -0.15) is 23.1 Å². The van der Waals surface area contributed by atoms with Crippen LogP contribution < -0.4 is 14.8 Å². The van der Waals surface area contributed by atoms with Crippen LogP contribution in [-0.2, 0) is 4.79 Å². The van der Waals surface area contributed by atoms with Gasteiger partial charge in [0.15, 0.2) is 5.56 Å². The lowest BCUT2D eigenvalue weighted by molar-refractivity contribution is -0.190. The summed E-state index contributed by atoms with van der Waals surface area (Å²) in [6, 6.07) is 6.59. The fourth-order valence-corrected chi connectivity index (χ4v) is 4.45. The highest BCUT2D eigenvalue weighted by Gasteiger charge is 2.48. The molecule has 0 spiro atoms. The van der Waals surface area contributed by atoms with E-state index in [4.69, 9.17) is 9.47 Å². The predicted octanol–water partition coefficient (Wildman–Crippen LogP) is 4.17. The summed E-state index contributed by atoms with van der Waals surface area (Å²) in [5.41, 5.74) is 0.465. The molecule has 1 aromatic carbocycles. The molecule has 1 saturated carbocycles. The zero-order chi connectivity index (χ0) is 26.0. The van der Waals surface area contributed by atoms with Crippen LogP contribution >= 0.6 is 0 Å². The topological polar surface area (TPSA) is 93.7 Å². The molecular weight excluding hydrogens is 477 g/mol. The summed E-state index contributed by atoms with van der Waals surface area (Å²) >= 11 is 0. The van der Waals surface area contributed by atoms with E-state index in [0.717, 1.165) is 17.7 Å². The zero-order valence-corrected chi connectivity index (χ0v) is 20.3. The van der Waals surface area contributed by atoms with Crippen molar-refractivity contribution in [1.82, 2.24) is 20.2 Å². The summed E-state index contributed by atoms with van der Waals surface area (Å²) in [6.45, 7) is 3.51. The Morgan fingerprint density at radius 2 is 1.75 bits per heavy atom. The van der Waals surface area contributed by atoms with Crippen LogP contribution in [-0.4, -0.2) is 58.7 Å². The van der Waals surface area contributed by atoms with Crippen LogP contribution in [0.4, 0.5) is 13.2 Å². The van der Waals surface area contributed by atoms with Gasteiger partial charge in [-0.1, -0.05) is 30.3 Å². The molecule has 0 radical (unpaired) electrons. The minimum Gasteiger partial charge on any atom is -0.480 e. The van der Waals surface area contributed by atoms with Crippen molar-refractivity contribution >= 4 is 11.8 Å². The van der Waals surface area contributed by atoms with E-state index < -0.39 is 30.1 Å². The quantitative estimate of drug-likeness (QED) is 0.606. The Hall–Kier alpha value is -3.37. The Morgan fingerprint density at radius 1 is 1.08 bits per heavy atom. The maximum absolute atomic E-state index is 13.6. The van der Waals surface area contributed by atoms with Gasteiger partial charge in [0.05, 0.1) is 25.3 Å². The first kappa shape index (κ1) is 25.7. The molecule has 2 atom stereocenters. The summed E-state index contributed by atoms with van der Waals surface area (Å²) < 4.78 is 51.5. The first-order valence-electron chi connectivity index (χ1n) is 12.0. The van der Waals surface area contributed by atoms with Crippen molar-refractivity contribution in [3.63, 3.8) is 0 Å². The fourth-order valence-electron chi connectivity index (χ4n) is 4.45. The molecule has 2 heterocycles. The normalized spacial score (nSPS) is 20.2. The zero-order valence-electron chi connectivity index (χ0n) is 20.3. The number of amides is 2.